The van der Waals surface area contributed by atoms with E-state index >= 15 is 0 Å². The van der Waals surface area contributed by atoms with Gasteiger partial charge in [-0.2, -0.15) is 8.42 Å². The third kappa shape index (κ3) is 20.8. The van der Waals surface area contributed by atoms with Gasteiger partial charge in [-0.05, 0) is 12.8 Å². The molecule has 0 bridgehead atoms. The summed E-state index contributed by atoms with van der Waals surface area (Å²) in [5.41, 5.74) is 0. The SMILES string of the molecule is CCCCCCCCCOC(=O)CC(C(=O)OCCCCCCCCC)S(=O)(=O)O.[KH]. The fraction of sp³-hybridized carbons (Fsp3) is 0.909. The minimum atomic E-state index is -4.74. The summed E-state index contributed by atoms with van der Waals surface area (Å²) in [5.74, 6) is -1.92. The van der Waals surface area contributed by atoms with Gasteiger partial charge in [0.2, 0.25) is 0 Å². The first-order valence-corrected chi connectivity index (χ1v) is 13.1. The quantitative estimate of drug-likeness (QED) is 0.115. The van der Waals surface area contributed by atoms with Gasteiger partial charge in [-0.1, -0.05) is 90.9 Å². The first-order valence-electron chi connectivity index (χ1n) is 11.6. The molecule has 9 heteroatoms. The number of hydrogen-bond acceptors (Lipinski definition) is 6. The van der Waals surface area contributed by atoms with Crippen LogP contribution in [0.2, 0.25) is 0 Å². The Balaban J connectivity index is 0. The molecular weight excluding hydrogens is 447 g/mol. The zero-order valence-corrected chi connectivity index (χ0v) is 19.7. The summed E-state index contributed by atoms with van der Waals surface area (Å²) in [5, 5.41) is -1.93. The second-order valence-corrected chi connectivity index (χ2v) is 9.44. The van der Waals surface area contributed by atoms with Crippen LogP contribution in [-0.2, 0) is 29.2 Å². The van der Waals surface area contributed by atoms with Crippen molar-refractivity contribution in [3.8, 4) is 0 Å². The van der Waals surface area contributed by atoms with Gasteiger partial charge < -0.3 is 9.47 Å². The molecule has 7 nitrogen and oxygen atoms in total. The molecule has 0 radical (unpaired) electrons. The monoisotopic (exact) mass is 490 g/mol. The van der Waals surface area contributed by atoms with Gasteiger partial charge in [0.25, 0.3) is 10.1 Å². The van der Waals surface area contributed by atoms with Crippen LogP contribution in [0.3, 0.4) is 0 Å². The third-order valence-electron chi connectivity index (χ3n) is 4.98. The Kier molecular flexibility index (Phi) is 24.2. The van der Waals surface area contributed by atoms with E-state index in [0.29, 0.717) is 12.8 Å². The first-order chi connectivity index (χ1) is 14.3. The molecule has 1 atom stereocenters. The Morgan fingerprint density at radius 3 is 1.52 bits per heavy atom. The van der Waals surface area contributed by atoms with Crippen LogP contribution in [0.4, 0.5) is 0 Å². The molecule has 0 aromatic rings. The van der Waals surface area contributed by atoms with Gasteiger partial charge in [0, 0.05) is 0 Å². The molecule has 0 aliphatic carbocycles. The minimum absolute atomic E-state index is 0. The Hall–Kier alpha value is 0.486. The summed E-state index contributed by atoms with van der Waals surface area (Å²) >= 11 is 0. The number of carbonyl (C=O) groups is 2. The Morgan fingerprint density at radius 1 is 0.710 bits per heavy atom. The molecule has 180 valence electrons. The standard InChI is InChI=1S/C22H42O7S.K.H/c1-3-5-7-9-11-13-15-17-28-21(23)19-20(30(25,26)27)22(24)29-18-16-14-12-10-8-6-4-2;;/h20H,3-19H2,1-2H3,(H,25,26,27);;. The zero-order chi connectivity index (χ0) is 22.7. The van der Waals surface area contributed by atoms with Crippen molar-refractivity contribution in [2.45, 2.75) is 115 Å². The van der Waals surface area contributed by atoms with Crippen LogP contribution in [-0.4, -0.2) is 94.8 Å². The van der Waals surface area contributed by atoms with E-state index in [1.807, 2.05) is 0 Å². The average molecular weight is 491 g/mol. The number of ether oxygens (including phenoxy) is 2. The van der Waals surface area contributed by atoms with Crippen molar-refractivity contribution in [3.05, 3.63) is 0 Å². The molecule has 0 amide bonds. The summed E-state index contributed by atoms with van der Waals surface area (Å²) in [6.45, 7) is 4.56. The van der Waals surface area contributed by atoms with Crippen LogP contribution in [0.25, 0.3) is 0 Å². The van der Waals surface area contributed by atoms with E-state index in [1.54, 1.807) is 0 Å². The maximum atomic E-state index is 12.0. The van der Waals surface area contributed by atoms with E-state index in [4.69, 9.17) is 9.47 Å². The topological polar surface area (TPSA) is 107 Å². The van der Waals surface area contributed by atoms with Gasteiger partial charge in [-0.3, -0.25) is 14.1 Å². The van der Waals surface area contributed by atoms with Gasteiger partial charge in [-0.15, -0.1) is 0 Å². The molecule has 1 unspecified atom stereocenters. The van der Waals surface area contributed by atoms with E-state index < -0.39 is 33.7 Å². The van der Waals surface area contributed by atoms with E-state index in [-0.39, 0.29) is 64.6 Å². The molecule has 0 aliphatic heterocycles. The number of unbranched alkanes of at least 4 members (excludes halogenated alkanes) is 12. The second-order valence-electron chi connectivity index (χ2n) is 7.84. The molecule has 0 aromatic heterocycles. The van der Waals surface area contributed by atoms with Crippen LogP contribution in [0, 0.1) is 0 Å². The van der Waals surface area contributed by atoms with Crippen LogP contribution >= 0.6 is 0 Å². The number of rotatable bonds is 20. The van der Waals surface area contributed by atoms with Crippen molar-refractivity contribution in [2.75, 3.05) is 13.2 Å². The maximum absolute atomic E-state index is 12.0. The number of carbonyl (C=O) groups excluding carboxylic acids is 2. The predicted molar refractivity (Wildman–Crippen MR) is 125 cm³/mol. The van der Waals surface area contributed by atoms with E-state index in [1.165, 1.54) is 38.5 Å². The third-order valence-corrected chi connectivity index (χ3v) is 6.06. The molecule has 1 N–H and O–H groups in total. The number of esters is 2. The Bertz CT molecular complexity index is 552. The van der Waals surface area contributed by atoms with Gasteiger partial charge in [-0.25, -0.2) is 0 Å². The molecular formula is C22H43KO7S. The predicted octanol–water partition coefficient (Wildman–Crippen LogP) is 4.57. The number of hydrogen-bond donors (Lipinski definition) is 1. The summed E-state index contributed by atoms with van der Waals surface area (Å²) < 4.78 is 42.3. The molecule has 0 spiro atoms. The van der Waals surface area contributed by atoms with E-state index in [0.717, 1.165) is 38.5 Å². The van der Waals surface area contributed by atoms with E-state index in [9.17, 15) is 22.6 Å². The molecule has 0 heterocycles. The van der Waals surface area contributed by atoms with Crippen molar-refractivity contribution in [2.24, 2.45) is 0 Å². The zero-order valence-electron chi connectivity index (χ0n) is 18.9. The molecule has 0 aromatic carbocycles. The van der Waals surface area contributed by atoms with Crippen LogP contribution in [0.15, 0.2) is 0 Å². The van der Waals surface area contributed by atoms with E-state index in [2.05, 4.69) is 13.8 Å². The van der Waals surface area contributed by atoms with Crippen molar-refractivity contribution in [1.29, 1.82) is 0 Å². The van der Waals surface area contributed by atoms with Gasteiger partial charge in [0.05, 0.1) is 19.6 Å². The van der Waals surface area contributed by atoms with Crippen molar-refractivity contribution < 1.29 is 32.0 Å². The molecule has 0 fully saturated rings. The molecule has 31 heavy (non-hydrogen) atoms. The summed E-state index contributed by atoms with van der Waals surface area (Å²) in [4.78, 5) is 23.9. The van der Waals surface area contributed by atoms with Crippen LogP contribution in [0.1, 0.15) is 110 Å². The van der Waals surface area contributed by atoms with Crippen LogP contribution in [0.5, 0.6) is 0 Å². The fourth-order valence-corrected chi connectivity index (χ4v) is 3.75. The first kappa shape index (κ1) is 33.7. The van der Waals surface area contributed by atoms with Crippen molar-refractivity contribution in [3.63, 3.8) is 0 Å². The molecule has 0 aliphatic rings. The summed E-state index contributed by atoms with van der Waals surface area (Å²) in [6, 6.07) is 0. The van der Waals surface area contributed by atoms with Crippen molar-refractivity contribution >= 4 is 73.4 Å². The summed E-state index contributed by atoms with van der Waals surface area (Å²) in [7, 11) is -4.74. The molecule has 0 saturated heterocycles. The second kappa shape index (κ2) is 22.3. The molecule has 0 rings (SSSR count). The molecule has 0 saturated carbocycles. The average Bonchev–Trinajstić information content (AvgIpc) is 2.69. The Morgan fingerprint density at radius 2 is 1.10 bits per heavy atom. The van der Waals surface area contributed by atoms with Gasteiger partial charge >= 0.3 is 63.3 Å². The van der Waals surface area contributed by atoms with Crippen LogP contribution < -0.4 is 0 Å². The van der Waals surface area contributed by atoms with Gasteiger partial charge in [0.15, 0.2) is 5.25 Å². The Labute approximate surface area is 232 Å². The summed E-state index contributed by atoms with van der Waals surface area (Å²) in [6.07, 6.45) is 14.0. The van der Waals surface area contributed by atoms with Crippen molar-refractivity contribution in [1.82, 2.24) is 0 Å². The normalized spacial score (nSPS) is 12.1. The van der Waals surface area contributed by atoms with Gasteiger partial charge in [0.1, 0.15) is 0 Å². The fourth-order valence-electron chi connectivity index (χ4n) is 3.09.